The first-order chi connectivity index (χ1) is 8.67. The van der Waals surface area contributed by atoms with Crippen molar-refractivity contribution >= 4 is 12.6 Å². The van der Waals surface area contributed by atoms with Crippen LogP contribution in [0.4, 0.5) is 8.78 Å². The smallest absolute Gasteiger partial charge is 0.251 e. The minimum atomic E-state index is -2.38. The van der Waals surface area contributed by atoms with Crippen molar-refractivity contribution in [2.75, 3.05) is 32.0 Å². The van der Waals surface area contributed by atoms with Gasteiger partial charge in [0.1, 0.15) is 0 Å². The predicted octanol–water partition coefficient (Wildman–Crippen LogP) is 2.26. The van der Waals surface area contributed by atoms with Crippen molar-refractivity contribution in [3.63, 3.8) is 0 Å². The molecule has 0 fully saturated rings. The Morgan fingerprint density at radius 1 is 1.17 bits per heavy atom. The monoisotopic (exact) mass is 275 g/mol. The lowest BCUT2D eigenvalue weighted by molar-refractivity contribution is 0.0761. The highest BCUT2D eigenvalue weighted by atomic mass is 32.1. The van der Waals surface area contributed by atoms with Crippen LogP contribution in [0.1, 0.15) is 11.5 Å². The Morgan fingerprint density at radius 2 is 1.83 bits per heavy atom. The van der Waals surface area contributed by atoms with Gasteiger partial charge in [0.2, 0.25) is 0 Å². The van der Waals surface area contributed by atoms with E-state index in [1.54, 1.807) is 4.90 Å². The van der Waals surface area contributed by atoms with Gasteiger partial charge in [-0.2, -0.15) is 12.6 Å². The first-order valence-corrected chi connectivity index (χ1v) is 6.57. The highest BCUT2D eigenvalue weighted by Crippen LogP contribution is 2.18. The van der Waals surface area contributed by atoms with E-state index in [2.05, 4.69) is 12.6 Å². The molecule has 0 aliphatic carbocycles. The van der Waals surface area contributed by atoms with Gasteiger partial charge in [0.05, 0.1) is 13.2 Å². The number of halogens is 2. The maximum Gasteiger partial charge on any atom is 0.251 e. The summed E-state index contributed by atoms with van der Waals surface area (Å²) in [7, 11) is 0. The van der Waals surface area contributed by atoms with Gasteiger partial charge in [-0.25, -0.2) is 8.78 Å². The van der Waals surface area contributed by atoms with E-state index in [1.165, 1.54) is 0 Å². The standard InChI is InChI=1S/C13H19F2NOS/c14-13(15)9-16(6-7-17)8-12(10-18)11-4-2-1-3-5-11/h1-5,12-13,17-18H,6-10H2. The van der Waals surface area contributed by atoms with E-state index < -0.39 is 6.43 Å². The van der Waals surface area contributed by atoms with E-state index in [0.717, 1.165) is 5.56 Å². The summed E-state index contributed by atoms with van der Waals surface area (Å²) in [5.74, 6) is 0.690. The molecule has 0 aliphatic rings. The fraction of sp³-hybridized carbons (Fsp3) is 0.538. The molecule has 1 aromatic rings. The molecule has 1 atom stereocenters. The lowest BCUT2D eigenvalue weighted by Crippen LogP contribution is -2.35. The van der Waals surface area contributed by atoms with Crippen molar-refractivity contribution in [1.82, 2.24) is 4.90 Å². The van der Waals surface area contributed by atoms with Gasteiger partial charge in [0, 0.05) is 19.0 Å². The number of aliphatic hydroxyl groups is 1. The third-order valence-corrected chi connectivity index (χ3v) is 3.22. The van der Waals surface area contributed by atoms with E-state index in [4.69, 9.17) is 5.11 Å². The first kappa shape index (κ1) is 15.4. The molecule has 0 saturated heterocycles. The van der Waals surface area contributed by atoms with E-state index in [-0.39, 0.29) is 25.6 Å². The Labute approximate surface area is 112 Å². The van der Waals surface area contributed by atoms with E-state index >= 15 is 0 Å². The van der Waals surface area contributed by atoms with Crippen molar-refractivity contribution in [3.8, 4) is 0 Å². The normalized spacial score (nSPS) is 13.2. The second-order valence-electron chi connectivity index (χ2n) is 4.16. The van der Waals surface area contributed by atoms with E-state index in [9.17, 15) is 8.78 Å². The molecule has 5 heteroatoms. The van der Waals surface area contributed by atoms with Crippen LogP contribution in [-0.4, -0.2) is 48.4 Å². The molecule has 1 N–H and O–H groups in total. The highest BCUT2D eigenvalue weighted by molar-refractivity contribution is 7.80. The van der Waals surface area contributed by atoms with Crippen LogP contribution in [0.5, 0.6) is 0 Å². The average Bonchev–Trinajstić information content (AvgIpc) is 2.36. The fourth-order valence-electron chi connectivity index (χ4n) is 1.90. The highest BCUT2D eigenvalue weighted by Gasteiger charge is 2.17. The number of hydrogen-bond acceptors (Lipinski definition) is 3. The van der Waals surface area contributed by atoms with Crippen LogP contribution in [0.3, 0.4) is 0 Å². The molecule has 18 heavy (non-hydrogen) atoms. The van der Waals surface area contributed by atoms with Gasteiger partial charge in [-0.15, -0.1) is 0 Å². The molecule has 1 rings (SSSR count). The van der Waals surface area contributed by atoms with Gasteiger partial charge in [0.25, 0.3) is 6.43 Å². The van der Waals surface area contributed by atoms with Gasteiger partial charge in [-0.1, -0.05) is 30.3 Å². The van der Waals surface area contributed by atoms with Gasteiger partial charge < -0.3 is 5.11 Å². The van der Waals surface area contributed by atoms with Gasteiger partial charge in [-0.05, 0) is 11.3 Å². The summed E-state index contributed by atoms with van der Waals surface area (Å²) in [5, 5.41) is 8.90. The number of rotatable bonds is 8. The Kier molecular flexibility index (Phi) is 7.23. The topological polar surface area (TPSA) is 23.5 Å². The average molecular weight is 275 g/mol. The van der Waals surface area contributed by atoms with Crippen LogP contribution >= 0.6 is 12.6 Å². The molecule has 0 heterocycles. The van der Waals surface area contributed by atoms with Crippen LogP contribution in [0, 0.1) is 0 Å². The zero-order valence-electron chi connectivity index (χ0n) is 10.2. The summed E-state index contributed by atoms with van der Waals surface area (Å²) < 4.78 is 24.8. The predicted molar refractivity (Wildman–Crippen MR) is 72.6 cm³/mol. The van der Waals surface area contributed by atoms with Crippen LogP contribution < -0.4 is 0 Å². The van der Waals surface area contributed by atoms with E-state index in [1.807, 2.05) is 30.3 Å². The van der Waals surface area contributed by atoms with Crippen molar-refractivity contribution < 1.29 is 13.9 Å². The maximum atomic E-state index is 12.4. The Balaban J connectivity index is 2.64. The molecular weight excluding hydrogens is 256 g/mol. The second-order valence-corrected chi connectivity index (χ2v) is 4.53. The molecule has 0 spiro atoms. The molecule has 1 unspecified atom stereocenters. The number of alkyl halides is 2. The third kappa shape index (κ3) is 5.33. The van der Waals surface area contributed by atoms with Gasteiger partial charge in [0.15, 0.2) is 0 Å². The van der Waals surface area contributed by atoms with Crippen LogP contribution in [-0.2, 0) is 0 Å². The van der Waals surface area contributed by atoms with Crippen molar-refractivity contribution in [2.24, 2.45) is 0 Å². The molecule has 0 radical (unpaired) electrons. The van der Waals surface area contributed by atoms with Crippen LogP contribution in [0.2, 0.25) is 0 Å². The van der Waals surface area contributed by atoms with E-state index in [0.29, 0.717) is 12.3 Å². The molecule has 0 aromatic heterocycles. The first-order valence-electron chi connectivity index (χ1n) is 5.94. The number of thiol groups is 1. The zero-order chi connectivity index (χ0) is 13.4. The minimum absolute atomic E-state index is 0.0971. The molecule has 102 valence electrons. The molecule has 1 aromatic carbocycles. The molecule has 2 nitrogen and oxygen atoms in total. The molecule has 0 aliphatic heterocycles. The summed E-state index contributed by atoms with van der Waals surface area (Å²) >= 11 is 4.28. The summed E-state index contributed by atoms with van der Waals surface area (Å²) in [6.45, 7) is 0.332. The Bertz CT molecular complexity index is 324. The van der Waals surface area contributed by atoms with Crippen molar-refractivity contribution in [1.29, 1.82) is 0 Å². The number of hydrogen-bond donors (Lipinski definition) is 2. The second kappa shape index (κ2) is 8.45. The molecule has 0 bridgehead atoms. The number of benzene rings is 1. The van der Waals surface area contributed by atoms with Crippen LogP contribution in [0.15, 0.2) is 30.3 Å². The molecular formula is C13H19F2NOS. The lowest BCUT2D eigenvalue weighted by atomic mass is 10.0. The zero-order valence-corrected chi connectivity index (χ0v) is 11.1. The Hall–Kier alpha value is -0.650. The summed E-state index contributed by atoms with van der Waals surface area (Å²) in [4.78, 5) is 1.58. The molecule has 0 saturated carbocycles. The van der Waals surface area contributed by atoms with Crippen LogP contribution in [0.25, 0.3) is 0 Å². The lowest BCUT2D eigenvalue weighted by Gasteiger charge is -2.26. The summed E-state index contributed by atoms with van der Waals surface area (Å²) in [6, 6.07) is 9.72. The fourth-order valence-corrected chi connectivity index (χ4v) is 2.23. The quantitative estimate of drug-likeness (QED) is 0.711. The Morgan fingerprint density at radius 3 is 2.33 bits per heavy atom. The molecule has 0 amide bonds. The van der Waals surface area contributed by atoms with Crippen molar-refractivity contribution in [2.45, 2.75) is 12.3 Å². The summed E-state index contributed by atoms with van der Waals surface area (Å²) in [5.41, 5.74) is 1.09. The minimum Gasteiger partial charge on any atom is -0.395 e. The SMILES string of the molecule is OCCN(CC(F)F)CC(CS)c1ccccc1. The number of aliphatic hydroxyl groups excluding tert-OH is 1. The largest absolute Gasteiger partial charge is 0.395 e. The van der Waals surface area contributed by atoms with Gasteiger partial charge in [-0.3, -0.25) is 4.90 Å². The van der Waals surface area contributed by atoms with Gasteiger partial charge >= 0.3 is 0 Å². The van der Waals surface area contributed by atoms with Crippen molar-refractivity contribution in [3.05, 3.63) is 35.9 Å². The number of nitrogens with zero attached hydrogens (tertiary/aromatic N) is 1. The maximum absolute atomic E-state index is 12.4. The summed E-state index contributed by atoms with van der Waals surface area (Å²) in [6.07, 6.45) is -2.38. The third-order valence-electron chi connectivity index (χ3n) is 2.78.